The number of aryl methyl sites for hydroxylation is 1. The minimum atomic E-state index is -0.262. The molecule has 122 valence electrons. The molecule has 0 fully saturated rings. The van der Waals surface area contributed by atoms with Gasteiger partial charge < -0.3 is 10.3 Å². The van der Waals surface area contributed by atoms with Crippen molar-refractivity contribution in [2.45, 2.75) is 11.8 Å². The number of hydrogen-bond donors (Lipinski definition) is 2. The van der Waals surface area contributed by atoms with Gasteiger partial charge in [0.15, 0.2) is 0 Å². The van der Waals surface area contributed by atoms with Gasteiger partial charge in [-0.05, 0) is 36.6 Å². The molecule has 0 saturated carbocycles. The summed E-state index contributed by atoms with van der Waals surface area (Å²) in [4.78, 5) is 28.0. The number of pyridine rings is 1. The van der Waals surface area contributed by atoms with Gasteiger partial charge in [0.25, 0.3) is 11.5 Å². The van der Waals surface area contributed by atoms with Crippen LogP contribution in [0, 0.1) is 6.92 Å². The number of rotatable bonds is 5. The van der Waals surface area contributed by atoms with E-state index in [1.54, 1.807) is 30.0 Å². The molecule has 4 nitrogen and oxygen atoms in total. The number of nitrogens with one attached hydrogen (secondary N) is 2. The lowest BCUT2D eigenvalue weighted by atomic mass is 10.1. The molecule has 1 amide bonds. The van der Waals surface area contributed by atoms with Crippen molar-refractivity contribution < 1.29 is 4.79 Å². The van der Waals surface area contributed by atoms with Gasteiger partial charge in [0.2, 0.25) is 0 Å². The molecule has 0 bridgehead atoms. The molecule has 0 aliphatic carbocycles. The van der Waals surface area contributed by atoms with Crippen molar-refractivity contribution in [1.29, 1.82) is 0 Å². The topological polar surface area (TPSA) is 62.0 Å². The number of benzene rings is 2. The summed E-state index contributed by atoms with van der Waals surface area (Å²) in [6.45, 7) is 2.59. The Hall–Kier alpha value is -2.53. The number of carbonyl (C=O) groups excluding carboxylic acids is 1. The van der Waals surface area contributed by atoms with Gasteiger partial charge in [-0.3, -0.25) is 9.59 Å². The Balaban J connectivity index is 1.59. The van der Waals surface area contributed by atoms with Gasteiger partial charge in [-0.2, -0.15) is 0 Å². The van der Waals surface area contributed by atoms with Crippen LogP contribution in [-0.4, -0.2) is 23.2 Å². The third-order valence-corrected chi connectivity index (χ3v) is 4.69. The van der Waals surface area contributed by atoms with Gasteiger partial charge in [0.05, 0.1) is 0 Å². The van der Waals surface area contributed by atoms with E-state index >= 15 is 0 Å². The van der Waals surface area contributed by atoms with Crippen molar-refractivity contribution in [3.63, 3.8) is 0 Å². The van der Waals surface area contributed by atoms with E-state index in [-0.39, 0.29) is 11.5 Å². The van der Waals surface area contributed by atoms with Crippen molar-refractivity contribution in [3.8, 4) is 0 Å². The molecular formula is C19H18N2O2S. The largest absolute Gasteiger partial charge is 0.350 e. The van der Waals surface area contributed by atoms with Gasteiger partial charge in [0, 0.05) is 22.6 Å². The zero-order chi connectivity index (χ0) is 16.9. The highest BCUT2D eigenvalue weighted by molar-refractivity contribution is 7.99. The minimum absolute atomic E-state index is 0.243. The highest BCUT2D eigenvalue weighted by Gasteiger charge is 2.08. The van der Waals surface area contributed by atoms with Crippen LogP contribution in [-0.2, 0) is 0 Å². The molecule has 3 aromatic rings. The van der Waals surface area contributed by atoms with Crippen LogP contribution in [0.3, 0.4) is 0 Å². The maximum Gasteiger partial charge on any atom is 0.267 e. The maximum atomic E-state index is 12.2. The third kappa shape index (κ3) is 3.86. The normalized spacial score (nSPS) is 10.7. The Kier molecular flexibility index (Phi) is 5.01. The van der Waals surface area contributed by atoms with E-state index in [4.69, 9.17) is 0 Å². The number of hydrogen-bond acceptors (Lipinski definition) is 3. The number of amides is 1. The Morgan fingerprint density at radius 1 is 1.12 bits per heavy atom. The summed E-state index contributed by atoms with van der Waals surface area (Å²) in [5.41, 5.74) is 1.28. The first-order valence-electron chi connectivity index (χ1n) is 7.73. The predicted molar refractivity (Wildman–Crippen MR) is 98.8 cm³/mol. The molecule has 3 rings (SSSR count). The lowest BCUT2D eigenvalue weighted by Crippen LogP contribution is -2.28. The van der Waals surface area contributed by atoms with Crippen molar-refractivity contribution in [2.75, 3.05) is 12.3 Å². The van der Waals surface area contributed by atoms with Gasteiger partial charge in [-0.25, -0.2) is 0 Å². The quantitative estimate of drug-likeness (QED) is 0.554. The third-order valence-electron chi connectivity index (χ3n) is 3.68. The molecule has 1 heterocycles. The first kappa shape index (κ1) is 16.3. The summed E-state index contributed by atoms with van der Waals surface area (Å²) in [6.07, 6.45) is 0. The highest BCUT2D eigenvalue weighted by atomic mass is 32.2. The molecule has 0 aliphatic rings. The van der Waals surface area contributed by atoms with Gasteiger partial charge in [-0.1, -0.05) is 35.9 Å². The van der Waals surface area contributed by atoms with Crippen LogP contribution in [0.5, 0.6) is 0 Å². The second kappa shape index (κ2) is 7.36. The molecule has 2 aromatic carbocycles. The summed E-state index contributed by atoms with van der Waals surface area (Å²) in [7, 11) is 0. The average molecular weight is 338 g/mol. The summed E-state index contributed by atoms with van der Waals surface area (Å²) >= 11 is 1.69. The number of H-pyrrole nitrogens is 1. The summed E-state index contributed by atoms with van der Waals surface area (Å²) < 4.78 is 0. The number of aromatic nitrogens is 1. The molecule has 24 heavy (non-hydrogen) atoms. The fourth-order valence-corrected chi connectivity index (χ4v) is 3.16. The van der Waals surface area contributed by atoms with Gasteiger partial charge in [-0.15, -0.1) is 11.8 Å². The Morgan fingerprint density at radius 2 is 1.88 bits per heavy atom. The summed E-state index contributed by atoms with van der Waals surface area (Å²) in [6, 6.07) is 17.2. The number of thioether (sulfide) groups is 1. The molecule has 0 saturated heterocycles. The van der Waals surface area contributed by atoms with E-state index < -0.39 is 0 Å². The molecule has 0 unspecified atom stereocenters. The highest BCUT2D eigenvalue weighted by Crippen LogP contribution is 2.17. The molecule has 0 atom stereocenters. The monoisotopic (exact) mass is 338 g/mol. The van der Waals surface area contributed by atoms with Crippen LogP contribution in [0.15, 0.2) is 64.3 Å². The molecule has 0 aliphatic heterocycles. The SMILES string of the molecule is Cc1ccc(SCCNC(=O)c2cc3ccccc3c(=O)[nH]2)cc1. The molecule has 1 aromatic heterocycles. The number of fused-ring (bicyclic) bond motifs is 1. The van der Waals surface area contributed by atoms with Crippen LogP contribution in [0.2, 0.25) is 0 Å². The maximum absolute atomic E-state index is 12.2. The standard InChI is InChI=1S/C19H18N2O2S/c1-13-6-8-15(9-7-13)24-11-10-20-19(23)17-12-14-4-2-3-5-16(14)18(22)21-17/h2-9,12H,10-11H2,1H3,(H,20,23)(H,21,22). The molecule has 0 radical (unpaired) electrons. The number of carbonyl (C=O) groups is 1. The van der Waals surface area contributed by atoms with Crippen molar-refractivity contribution in [2.24, 2.45) is 0 Å². The van der Waals surface area contributed by atoms with Crippen LogP contribution in [0.1, 0.15) is 16.1 Å². The summed E-state index contributed by atoms with van der Waals surface area (Å²) in [5.74, 6) is 0.509. The second-order valence-corrected chi connectivity index (χ2v) is 6.69. The van der Waals surface area contributed by atoms with Crippen molar-refractivity contribution in [1.82, 2.24) is 10.3 Å². The average Bonchev–Trinajstić information content (AvgIpc) is 2.60. The van der Waals surface area contributed by atoms with E-state index in [1.165, 1.54) is 10.5 Å². The second-order valence-electron chi connectivity index (χ2n) is 5.52. The Morgan fingerprint density at radius 3 is 2.67 bits per heavy atom. The van der Waals surface area contributed by atoms with Gasteiger partial charge >= 0.3 is 0 Å². The van der Waals surface area contributed by atoms with Gasteiger partial charge in [0.1, 0.15) is 5.69 Å². The zero-order valence-corrected chi connectivity index (χ0v) is 14.2. The van der Waals surface area contributed by atoms with Crippen LogP contribution in [0.4, 0.5) is 0 Å². The molecular weight excluding hydrogens is 320 g/mol. The number of aromatic amines is 1. The molecule has 0 spiro atoms. The van der Waals surface area contributed by atoms with E-state index in [2.05, 4.69) is 41.5 Å². The van der Waals surface area contributed by atoms with Crippen LogP contribution >= 0.6 is 11.8 Å². The summed E-state index contributed by atoms with van der Waals surface area (Å²) in [5, 5.41) is 4.19. The lowest BCUT2D eigenvalue weighted by Gasteiger charge is -2.06. The fourth-order valence-electron chi connectivity index (χ4n) is 2.40. The van der Waals surface area contributed by atoms with E-state index in [9.17, 15) is 9.59 Å². The van der Waals surface area contributed by atoms with Crippen molar-refractivity contribution in [3.05, 3.63) is 76.2 Å². The predicted octanol–water partition coefficient (Wildman–Crippen LogP) is 3.36. The van der Waals surface area contributed by atoms with Crippen LogP contribution in [0.25, 0.3) is 10.8 Å². The Bertz CT molecular complexity index is 917. The van der Waals surface area contributed by atoms with Crippen molar-refractivity contribution >= 4 is 28.4 Å². The minimum Gasteiger partial charge on any atom is -0.350 e. The lowest BCUT2D eigenvalue weighted by molar-refractivity contribution is 0.0951. The smallest absolute Gasteiger partial charge is 0.267 e. The zero-order valence-electron chi connectivity index (χ0n) is 13.3. The van der Waals surface area contributed by atoms with Crippen LogP contribution < -0.4 is 10.9 Å². The first-order chi connectivity index (χ1) is 11.6. The molecule has 5 heteroatoms. The first-order valence-corrected chi connectivity index (χ1v) is 8.72. The van der Waals surface area contributed by atoms with E-state index in [0.29, 0.717) is 17.6 Å². The Labute approximate surface area is 144 Å². The van der Waals surface area contributed by atoms with E-state index in [1.807, 2.05) is 12.1 Å². The fraction of sp³-hybridized carbons (Fsp3) is 0.158. The molecule has 2 N–H and O–H groups in total. The van der Waals surface area contributed by atoms with E-state index in [0.717, 1.165) is 11.1 Å².